The highest BCUT2D eigenvalue weighted by atomic mass is 32.2. The molecule has 0 saturated heterocycles. The number of H-pyrrole nitrogens is 1. The molecule has 1 aliphatic heterocycles. The van der Waals surface area contributed by atoms with E-state index >= 15 is 0 Å². The minimum absolute atomic E-state index is 0.0529. The molecule has 0 bridgehead atoms. The highest BCUT2D eigenvalue weighted by Gasteiger charge is 2.35. The third-order valence-electron chi connectivity index (χ3n) is 5.93. The number of thiol groups is 1. The molecule has 1 aliphatic rings. The van der Waals surface area contributed by atoms with Crippen LogP contribution in [-0.2, 0) is 24.1 Å². The van der Waals surface area contributed by atoms with Gasteiger partial charge in [-0.2, -0.15) is 24.1 Å². The fourth-order valence-electron chi connectivity index (χ4n) is 4.28. The maximum absolute atomic E-state index is 13.8. The summed E-state index contributed by atoms with van der Waals surface area (Å²) in [4.78, 5) is 28.4. The van der Waals surface area contributed by atoms with Crippen LogP contribution in [0.2, 0.25) is 0 Å². The zero-order valence-electron chi connectivity index (χ0n) is 18.2. The van der Waals surface area contributed by atoms with Crippen LogP contribution in [0, 0.1) is 5.82 Å². The molecule has 3 aromatic carbocycles. The standard InChI is InChI=1S/C25H20F4N2O3S/c26-17-6-8-19(9-7-17)35-14-18(34-13-15-4-2-1-3-5-15)12-31-22-20(23(32)30-24(31)33)10-16(11-21(22)35)25(27,28)29/h1-11,18,35H,12-14H2,(H,30,32,33)/t18-/m0/s1. The lowest BCUT2D eigenvalue weighted by atomic mass is 10.1. The topological polar surface area (TPSA) is 64.1 Å². The van der Waals surface area contributed by atoms with Crippen LogP contribution < -0.4 is 11.2 Å². The second-order valence-electron chi connectivity index (χ2n) is 8.26. The van der Waals surface area contributed by atoms with Crippen molar-refractivity contribution in [3.05, 3.63) is 105 Å². The van der Waals surface area contributed by atoms with Crippen LogP contribution in [0.1, 0.15) is 11.1 Å². The number of alkyl halides is 3. The number of hydrogen-bond acceptors (Lipinski definition) is 3. The first-order chi connectivity index (χ1) is 16.7. The Balaban J connectivity index is 1.70. The number of hydrogen-bond donors (Lipinski definition) is 2. The SMILES string of the molecule is O=c1[nH]c(=O)n2c3c(cc(C(F)(F)F)cc13)[SH](c1ccc(F)cc1)C[C@@H](OCc1ccccc1)C2. The van der Waals surface area contributed by atoms with Gasteiger partial charge >= 0.3 is 11.9 Å². The Labute approximate surface area is 199 Å². The van der Waals surface area contributed by atoms with Gasteiger partial charge in [0.15, 0.2) is 0 Å². The van der Waals surface area contributed by atoms with Crippen LogP contribution in [0.3, 0.4) is 0 Å². The van der Waals surface area contributed by atoms with Gasteiger partial charge in [0.05, 0.1) is 35.7 Å². The fraction of sp³-hybridized carbons (Fsp3) is 0.200. The van der Waals surface area contributed by atoms with Gasteiger partial charge in [-0.25, -0.2) is 9.18 Å². The van der Waals surface area contributed by atoms with Gasteiger partial charge < -0.3 is 4.74 Å². The normalized spacial score (nSPS) is 19.0. The first-order valence-corrected chi connectivity index (χ1v) is 12.3. The van der Waals surface area contributed by atoms with E-state index < -0.39 is 45.8 Å². The molecule has 0 radical (unpaired) electrons. The Morgan fingerprint density at radius 2 is 1.74 bits per heavy atom. The minimum Gasteiger partial charge on any atom is -0.371 e. The summed E-state index contributed by atoms with van der Waals surface area (Å²) in [6, 6.07) is 16.7. The van der Waals surface area contributed by atoms with Gasteiger partial charge in [0, 0.05) is 10.6 Å². The highest BCUT2D eigenvalue weighted by Crippen LogP contribution is 2.50. The molecule has 0 spiro atoms. The molecule has 0 aliphatic carbocycles. The van der Waals surface area contributed by atoms with Crippen molar-refractivity contribution in [2.75, 3.05) is 5.75 Å². The Bertz CT molecular complexity index is 1500. The van der Waals surface area contributed by atoms with E-state index in [1.807, 2.05) is 30.3 Å². The molecule has 2 atom stereocenters. The highest BCUT2D eigenvalue weighted by molar-refractivity contribution is 8.17. The summed E-state index contributed by atoms with van der Waals surface area (Å²) < 4.78 is 62.4. The maximum Gasteiger partial charge on any atom is 0.416 e. The van der Waals surface area contributed by atoms with Gasteiger partial charge in [-0.3, -0.25) is 14.3 Å². The van der Waals surface area contributed by atoms with E-state index in [2.05, 4.69) is 4.98 Å². The summed E-state index contributed by atoms with van der Waals surface area (Å²) in [5, 5.41) is -0.215. The number of aromatic nitrogens is 2. The number of benzene rings is 3. The van der Waals surface area contributed by atoms with Gasteiger partial charge in [-0.15, -0.1) is 0 Å². The number of aromatic amines is 1. The van der Waals surface area contributed by atoms with E-state index in [1.165, 1.54) is 28.8 Å². The first-order valence-electron chi connectivity index (χ1n) is 10.8. The molecule has 0 amide bonds. The zero-order chi connectivity index (χ0) is 24.7. The van der Waals surface area contributed by atoms with E-state index in [9.17, 15) is 27.2 Å². The molecule has 1 aromatic heterocycles. The van der Waals surface area contributed by atoms with E-state index in [1.54, 1.807) is 0 Å². The Kier molecular flexibility index (Phi) is 6.02. The van der Waals surface area contributed by atoms with Crippen LogP contribution in [0.5, 0.6) is 0 Å². The molecule has 10 heteroatoms. The van der Waals surface area contributed by atoms with Crippen LogP contribution in [0.4, 0.5) is 17.6 Å². The predicted molar refractivity (Wildman–Crippen MR) is 126 cm³/mol. The molecule has 2 heterocycles. The van der Waals surface area contributed by atoms with E-state index in [4.69, 9.17) is 4.74 Å². The third-order valence-corrected chi connectivity index (χ3v) is 8.54. The maximum atomic E-state index is 13.8. The van der Waals surface area contributed by atoms with E-state index in [0.717, 1.165) is 17.7 Å². The molecule has 182 valence electrons. The van der Waals surface area contributed by atoms with Gasteiger partial charge in [-0.1, -0.05) is 30.3 Å². The first kappa shape index (κ1) is 23.4. The average molecular weight is 505 g/mol. The Morgan fingerprint density at radius 3 is 2.43 bits per heavy atom. The third kappa shape index (κ3) is 4.63. The molecule has 35 heavy (non-hydrogen) atoms. The molecule has 4 aromatic rings. The molecule has 0 fully saturated rings. The van der Waals surface area contributed by atoms with Crippen molar-refractivity contribution in [3.63, 3.8) is 0 Å². The number of nitrogens with zero attached hydrogens (tertiary/aromatic N) is 1. The van der Waals surface area contributed by atoms with Crippen molar-refractivity contribution in [1.29, 1.82) is 0 Å². The van der Waals surface area contributed by atoms with Gasteiger partial charge in [0.1, 0.15) is 5.82 Å². The molecule has 1 N–H and O–H groups in total. The van der Waals surface area contributed by atoms with E-state index in [0.29, 0.717) is 10.6 Å². The second kappa shape index (κ2) is 9.01. The number of rotatable bonds is 4. The quantitative estimate of drug-likeness (QED) is 0.308. The summed E-state index contributed by atoms with van der Waals surface area (Å²) in [6.07, 6.45) is -5.24. The van der Waals surface area contributed by atoms with Crippen molar-refractivity contribution in [3.8, 4) is 0 Å². The van der Waals surface area contributed by atoms with Gasteiger partial charge in [0.25, 0.3) is 5.56 Å². The monoisotopic (exact) mass is 504 g/mol. The van der Waals surface area contributed by atoms with Crippen molar-refractivity contribution in [2.24, 2.45) is 0 Å². The summed E-state index contributed by atoms with van der Waals surface area (Å²) in [5.41, 5.74) is -1.51. The van der Waals surface area contributed by atoms with Crippen molar-refractivity contribution >= 4 is 21.8 Å². The fourth-order valence-corrected chi connectivity index (χ4v) is 6.89. The zero-order valence-corrected chi connectivity index (χ0v) is 19.1. The van der Waals surface area contributed by atoms with Crippen molar-refractivity contribution < 1.29 is 22.3 Å². The smallest absolute Gasteiger partial charge is 0.371 e. The lowest BCUT2D eigenvalue weighted by Gasteiger charge is -2.26. The summed E-state index contributed by atoms with van der Waals surface area (Å²) >= 11 is 0. The second-order valence-corrected chi connectivity index (χ2v) is 10.5. The van der Waals surface area contributed by atoms with Gasteiger partial charge in [0.2, 0.25) is 0 Å². The minimum atomic E-state index is -4.70. The molecular weight excluding hydrogens is 484 g/mol. The van der Waals surface area contributed by atoms with Crippen molar-refractivity contribution in [2.45, 2.75) is 35.2 Å². The number of ether oxygens (including phenoxy) is 1. The summed E-state index contributed by atoms with van der Waals surface area (Å²) in [5.74, 6) is -0.183. The molecule has 0 saturated carbocycles. The Morgan fingerprint density at radius 1 is 1.03 bits per heavy atom. The average Bonchev–Trinajstić information content (AvgIpc) is 2.99. The van der Waals surface area contributed by atoms with Crippen LogP contribution >= 0.6 is 10.9 Å². The molecule has 5 rings (SSSR count). The molecule has 5 nitrogen and oxygen atoms in total. The number of nitrogens with one attached hydrogen (secondary N) is 1. The van der Waals surface area contributed by atoms with Crippen LogP contribution in [-0.4, -0.2) is 21.4 Å². The van der Waals surface area contributed by atoms with Crippen LogP contribution in [0.25, 0.3) is 10.9 Å². The molecular formula is C25H20F4N2O3S. The predicted octanol–water partition coefficient (Wildman–Crippen LogP) is 4.87. The number of halogens is 4. The Hall–Kier alpha value is -3.37. The lowest BCUT2D eigenvalue weighted by Crippen LogP contribution is -2.34. The largest absolute Gasteiger partial charge is 0.416 e. The van der Waals surface area contributed by atoms with Crippen molar-refractivity contribution in [1.82, 2.24) is 9.55 Å². The lowest BCUT2D eigenvalue weighted by molar-refractivity contribution is -0.137. The summed E-state index contributed by atoms with van der Waals surface area (Å²) in [7, 11) is -1.52. The van der Waals surface area contributed by atoms with Crippen LogP contribution in [0.15, 0.2) is 86.1 Å². The molecule has 1 unspecified atom stereocenters. The van der Waals surface area contributed by atoms with Gasteiger partial charge in [-0.05, 0) is 46.9 Å². The van der Waals surface area contributed by atoms with E-state index in [-0.39, 0.29) is 29.0 Å². The summed E-state index contributed by atoms with van der Waals surface area (Å²) in [6.45, 7) is 0.292.